The first-order chi connectivity index (χ1) is 10.3. The Bertz CT molecular complexity index is 300. The Morgan fingerprint density at radius 2 is 1.86 bits per heavy atom. The topological polar surface area (TPSA) is 27.7 Å². The van der Waals surface area contributed by atoms with Crippen LogP contribution in [0.4, 0.5) is 0 Å². The first-order valence-corrected chi connectivity index (χ1v) is 9.07. The molecule has 2 atom stereocenters. The van der Waals surface area contributed by atoms with E-state index in [0.717, 1.165) is 44.3 Å². The minimum atomic E-state index is 0.727. The second kappa shape index (κ2) is 7.91. The van der Waals surface area contributed by atoms with Crippen LogP contribution >= 0.6 is 0 Å². The molecule has 4 nitrogen and oxygen atoms in total. The summed E-state index contributed by atoms with van der Waals surface area (Å²) in [5.41, 5.74) is 0. The molecule has 0 amide bonds. The van der Waals surface area contributed by atoms with Crippen molar-refractivity contribution in [2.45, 2.75) is 50.6 Å². The van der Waals surface area contributed by atoms with Crippen molar-refractivity contribution in [3.05, 3.63) is 0 Å². The van der Waals surface area contributed by atoms with Gasteiger partial charge in [0.05, 0.1) is 13.2 Å². The van der Waals surface area contributed by atoms with E-state index in [0.29, 0.717) is 0 Å². The maximum Gasteiger partial charge on any atom is 0.0594 e. The minimum absolute atomic E-state index is 0.727. The number of piperidine rings is 1. The lowest BCUT2D eigenvalue weighted by Crippen LogP contribution is -2.56. The predicted octanol–water partition coefficient (Wildman–Crippen LogP) is 1.56. The van der Waals surface area contributed by atoms with Crippen LogP contribution in [-0.4, -0.2) is 74.9 Å². The summed E-state index contributed by atoms with van der Waals surface area (Å²) in [6, 6.07) is 1.56. The first-order valence-electron chi connectivity index (χ1n) is 9.07. The van der Waals surface area contributed by atoms with Crippen LogP contribution in [-0.2, 0) is 4.74 Å². The molecule has 0 aromatic carbocycles. The predicted molar refractivity (Wildman–Crippen MR) is 86.7 cm³/mol. The van der Waals surface area contributed by atoms with Crippen LogP contribution in [0.1, 0.15) is 38.5 Å². The molecular weight excluding hydrogens is 262 g/mol. The normalized spacial score (nSPS) is 33.4. The Labute approximate surface area is 130 Å². The summed E-state index contributed by atoms with van der Waals surface area (Å²) < 4.78 is 5.49. The van der Waals surface area contributed by atoms with Crippen molar-refractivity contribution in [3.63, 3.8) is 0 Å². The third-order valence-corrected chi connectivity index (χ3v) is 5.86. The monoisotopic (exact) mass is 295 g/mol. The van der Waals surface area contributed by atoms with Crippen molar-refractivity contribution in [1.29, 1.82) is 0 Å². The fourth-order valence-corrected chi connectivity index (χ4v) is 4.46. The molecule has 2 unspecified atom stereocenters. The third-order valence-electron chi connectivity index (χ3n) is 5.86. The zero-order chi connectivity index (χ0) is 14.5. The highest BCUT2D eigenvalue weighted by atomic mass is 16.5. The van der Waals surface area contributed by atoms with Crippen LogP contribution in [0.15, 0.2) is 0 Å². The van der Waals surface area contributed by atoms with Crippen molar-refractivity contribution in [2.75, 3.05) is 53.0 Å². The van der Waals surface area contributed by atoms with Crippen molar-refractivity contribution >= 4 is 0 Å². The average molecular weight is 295 g/mol. The smallest absolute Gasteiger partial charge is 0.0594 e. The summed E-state index contributed by atoms with van der Waals surface area (Å²) in [7, 11) is 2.39. The van der Waals surface area contributed by atoms with Crippen LogP contribution in [0.2, 0.25) is 0 Å². The molecule has 0 aromatic heterocycles. The van der Waals surface area contributed by atoms with E-state index in [1.54, 1.807) is 0 Å². The molecule has 1 saturated carbocycles. The molecular formula is C17H33N3O. The van der Waals surface area contributed by atoms with Crippen molar-refractivity contribution in [2.24, 2.45) is 5.92 Å². The fourth-order valence-electron chi connectivity index (χ4n) is 4.46. The molecule has 2 heterocycles. The lowest BCUT2D eigenvalue weighted by Gasteiger charge is -2.45. The minimum Gasteiger partial charge on any atom is -0.379 e. The van der Waals surface area contributed by atoms with Gasteiger partial charge >= 0.3 is 0 Å². The standard InChI is InChI=1S/C17H33N3O/c1-19(16-5-3-2-4-6-16)17-13-18-8-7-15(17)14-20-9-11-21-12-10-20/h15-18H,2-14H2,1H3. The highest BCUT2D eigenvalue weighted by molar-refractivity contribution is 4.90. The molecule has 122 valence electrons. The summed E-state index contributed by atoms with van der Waals surface area (Å²) in [5, 5.41) is 3.64. The van der Waals surface area contributed by atoms with E-state index in [-0.39, 0.29) is 0 Å². The zero-order valence-electron chi connectivity index (χ0n) is 13.7. The Kier molecular flexibility index (Phi) is 5.92. The Hall–Kier alpha value is -0.160. The van der Waals surface area contributed by atoms with E-state index in [2.05, 4.69) is 22.2 Å². The van der Waals surface area contributed by atoms with E-state index >= 15 is 0 Å². The van der Waals surface area contributed by atoms with Gasteiger partial charge in [-0.25, -0.2) is 0 Å². The van der Waals surface area contributed by atoms with Crippen LogP contribution in [0.3, 0.4) is 0 Å². The van der Waals surface area contributed by atoms with Gasteiger partial charge in [0.2, 0.25) is 0 Å². The maximum absolute atomic E-state index is 5.49. The quantitative estimate of drug-likeness (QED) is 0.852. The maximum atomic E-state index is 5.49. The van der Waals surface area contributed by atoms with Gasteiger partial charge in [0, 0.05) is 38.3 Å². The van der Waals surface area contributed by atoms with Crippen LogP contribution in [0, 0.1) is 5.92 Å². The summed E-state index contributed by atoms with van der Waals surface area (Å²) >= 11 is 0. The second-order valence-electron chi connectivity index (χ2n) is 7.19. The lowest BCUT2D eigenvalue weighted by atomic mass is 9.87. The second-order valence-corrected chi connectivity index (χ2v) is 7.19. The van der Waals surface area contributed by atoms with E-state index in [9.17, 15) is 0 Å². The number of rotatable bonds is 4. The number of morpholine rings is 1. The van der Waals surface area contributed by atoms with Gasteiger partial charge in [-0.15, -0.1) is 0 Å². The molecule has 4 heteroatoms. The average Bonchev–Trinajstić information content (AvgIpc) is 2.56. The van der Waals surface area contributed by atoms with Gasteiger partial charge in [-0.2, -0.15) is 0 Å². The van der Waals surface area contributed by atoms with Crippen molar-refractivity contribution < 1.29 is 4.74 Å². The lowest BCUT2D eigenvalue weighted by molar-refractivity contribution is 0.00989. The Balaban J connectivity index is 1.57. The van der Waals surface area contributed by atoms with Gasteiger partial charge in [0.25, 0.3) is 0 Å². The molecule has 0 spiro atoms. The molecule has 0 radical (unpaired) electrons. The molecule has 2 saturated heterocycles. The molecule has 3 fully saturated rings. The van der Waals surface area contributed by atoms with Gasteiger partial charge in [-0.05, 0) is 38.8 Å². The molecule has 3 aliphatic rings. The van der Waals surface area contributed by atoms with E-state index in [4.69, 9.17) is 4.74 Å². The van der Waals surface area contributed by atoms with E-state index in [1.165, 1.54) is 58.2 Å². The summed E-state index contributed by atoms with van der Waals surface area (Å²) in [4.78, 5) is 5.36. The Morgan fingerprint density at radius 1 is 1.10 bits per heavy atom. The largest absolute Gasteiger partial charge is 0.379 e. The van der Waals surface area contributed by atoms with Gasteiger partial charge in [0.15, 0.2) is 0 Å². The van der Waals surface area contributed by atoms with Crippen molar-refractivity contribution in [3.8, 4) is 0 Å². The van der Waals surface area contributed by atoms with Gasteiger partial charge in [0.1, 0.15) is 0 Å². The fraction of sp³-hybridized carbons (Fsp3) is 1.00. The van der Waals surface area contributed by atoms with Crippen molar-refractivity contribution in [1.82, 2.24) is 15.1 Å². The number of hydrogen-bond donors (Lipinski definition) is 1. The number of nitrogens with zero attached hydrogens (tertiary/aromatic N) is 2. The van der Waals surface area contributed by atoms with Gasteiger partial charge < -0.3 is 10.1 Å². The zero-order valence-corrected chi connectivity index (χ0v) is 13.7. The van der Waals surface area contributed by atoms with Gasteiger partial charge in [-0.3, -0.25) is 9.80 Å². The molecule has 1 N–H and O–H groups in total. The number of hydrogen-bond acceptors (Lipinski definition) is 4. The number of nitrogens with one attached hydrogen (secondary N) is 1. The summed E-state index contributed by atoms with van der Waals surface area (Å²) in [6.45, 7) is 7.76. The summed E-state index contributed by atoms with van der Waals surface area (Å²) in [5.74, 6) is 0.830. The van der Waals surface area contributed by atoms with Gasteiger partial charge in [-0.1, -0.05) is 19.3 Å². The number of ether oxygens (including phenoxy) is 1. The SMILES string of the molecule is CN(C1CCCCC1)C1CNCCC1CN1CCOCC1. The first kappa shape index (κ1) is 15.7. The van der Waals surface area contributed by atoms with Crippen LogP contribution < -0.4 is 5.32 Å². The van der Waals surface area contributed by atoms with E-state index < -0.39 is 0 Å². The highest BCUT2D eigenvalue weighted by Gasteiger charge is 2.33. The third kappa shape index (κ3) is 4.19. The molecule has 1 aliphatic carbocycles. The molecule has 3 rings (SSSR count). The summed E-state index contributed by atoms with van der Waals surface area (Å²) in [6.07, 6.45) is 8.48. The molecule has 0 aromatic rings. The Morgan fingerprint density at radius 3 is 2.62 bits per heavy atom. The number of likely N-dealkylation sites (N-methyl/N-ethyl adjacent to an activating group) is 1. The highest BCUT2D eigenvalue weighted by Crippen LogP contribution is 2.27. The molecule has 21 heavy (non-hydrogen) atoms. The van der Waals surface area contributed by atoms with E-state index in [1.807, 2.05) is 0 Å². The van der Waals surface area contributed by atoms with Crippen LogP contribution in [0.5, 0.6) is 0 Å². The molecule has 2 aliphatic heterocycles. The molecule has 0 bridgehead atoms. The van der Waals surface area contributed by atoms with Crippen LogP contribution in [0.25, 0.3) is 0 Å².